The molecule has 0 aromatic heterocycles. The van der Waals surface area contributed by atoms with Gasteiger partial charge < -0.3 is 4.74 Å². The van der Waals surface area contributed by atoms with Crippen LogP contribution in [0.25, 0.3) is 0 Å². The summed E-state index contributed by atoms with van der Waals surface area (Å²) in [6.45, 7) is 1.72. The number of rotatable bonds is 3. The van der Waals surface area contributed by atoms with Crippen molar-refractivity contribution in [3.63, 3.8) is 0 Å². The molecule has 0 atom stereocenters. The predicted molar refractivity (Wildman–Crippen MR) is 81.1 cm³/mol. The van der Waals surface area contributed by atoms with Crippen molar-refractivity contribution in [2.45, 2.75) is 56.4 Å². The molecule has 0 saturated heterocycles. The monoisotopic (exact) mass is 330 g/mol. The van der Waals surface area contributed by atoms with Crippen LogP contribution in [0.4, 0.5) is 0 Å². The van der Waals surface area contributed by atoms with Gasteiger partial charge in [0.2, 0.25) is 0 Å². The first-order valence-electron chi connectivity index (χ1n) is 7.13. The molecular formula is C15H19ClO4S. The van der Waals surface area contributed by atoms with Crippen molar-refractivity contribution in [3.8, 4) is 0 Å². The minimum atomic E-state index is -3.86. The lowest BCUT2D eigenvalue weighted by molar-refractivity contribution is 0.0267. The molecule has 0 aliphatic heterocycles. The Morgan fingerprint density at radius 3 is 2.33 bits per heavy atom. The van der Waals surface area contributed by atoms with E-state index in [1.165, 1.54) is 25.0 Å². The summed E-state index contributed by atoms with van der Waals surface area (Å²) in [6, 6.07) is 4.32. The van der Waals surface area contributed by atoms with Gasteiger partial charge in [-0.25, -0.2) is 13.2 Å². The maximum Gasteiger partial charge on any atom is 0.338 e. The van der Waals surface area contributed by atoms with E-state index in [0.29, 0.717) is 5.56 Å². The smallest absolute Gasteiger partial charge is 0.338 e. The van der Waals surface area contributed by atoms with Gasteiger partial charge in [-0.05, 0) is 56.4 Å². The Morgan fingerprint density at radius 1 is 1.14 bits per heavy atom. The summed E-state index contributed by atoms with van der Waals surface area (Å²) in [5, 5.41) is 0. The number of ether oxygens (including phenoxy) is 1. The standard InChI is InChI=1S/C15H19ClO4S/c1-11-8-12(10-14(9-11)21(16,18)19)15(17)20-13-6-4-2-3-5-7-13/h8-10,13H,2-7H2,1H3. The second-order valence-corrected chi connectivity index (χ2v) is 8.06. The number of carbonyl (C=O) groups excluding carboxylic acids is 1. The Hall–Kier alpha value is -1.07. The van der Waals surface area contributed by atoms with Gasteiger partial charge in [-0.15, -0.1) is 0 Å². The molecule has 0 radical (unpaired) electrons. The van der Waals surface area contributed by atoms with Gasteiger partial charge in [0.05, 0.1) is 10.5 Å². The van der Waals surface area contributed by atoms with Crippen molar-refractivity contribution in [2.24, 2.45) is 0 Å². The number of hydrogen-bond donors (Lipinski definition) is 0. The van der Waals surface area contributed by atoms with E-state index in [-0.39, 0.29) is 16.6 Å². The first-order chi connectivity index (χ1) is 9.86. The summed E-state index contributed by atoms with van der Waals surface area (Å²) in [6.07, 6.45) is 6.15. The van der Waals surface area contributed by atoms with Gasteiger partial charge in [-0.3, -0.25) is 0 Å². The van der Waals surface area contributed by atoms with Crippen LogP contribution in [0.5, 0.6) is 0 Å². The average Bonchev–Trinajstić information content (AvgIpc) is 2.65. The van der Waals surface area contributed by atoms with Crippen LogP contribution in [0.1, 0.15) is 54.4 Å². The number of hydrogen-bond acceptors (Lipinski definition) is 4. The molecule has 4 nitrogen and oxygen atoms in total. The first kappa shape index (κ1) is 16.3. The molecule has 1 aliphatic carbocycles. The maximum absolute atomic E-state index is 12.2. The SMILES string of the molecule is Cc1cc(C(=O)OC2CCCCCC2)cc(S(=O)(=O)Cl)c1. The Morgan fingerprint density at radius 2 is 1.76 bits per heavy atom. The second kappa shape index (κ2) is 6.79. The molecule has 1 aromatic rings. The molecule has 1 aliphatic rings. The summed E-state index contributed by atoms with van der Waals surface area (Å²) >= 11 is 0. The summed E-state index contributed by atoms with van der Waals surface area (Å²) in [7, 11) is 1.48. The number of benzene rings is 1. The van der Waals surface area contributed by atoms with Crippen LogP contribution in [0.15, 0.2) is 23.1 Å². The highest BCUT2D eigenvalue weighted by atomic mass is 35.7. The van der Waals surface area contributed by atoms with Crippen LogP contribution in [-0.4, -0.2) is 20.5 Å². The quantitative estimate of drug-likeness (QED) is 0.480. The van der Waals surface area contributed by atoms with Crippen LogP contribution in [0.3, 0.4) is 0 Å². The number of carbonyl (C=O) groups is 1. The van der Waals surface area contributed by atoms with E-state index in [1.807, 2.05) is 0 Å². The van der Waals surface area contributed by atoms with Gasteiger partial charge in [0, 0.05) is 10.7 Å². The van der Waals surface area contributed by atoms with Crippen LogP contribution >= 0.6 is 10.7 Å². The van der Waals surface area contributed by atoms with Crippen molar-refractivity contribution < 1.29 is 17.9 Å². The zero-order chi connectivity index (χ0) is 15.5. The van der Waals surface area contributed by atoms with Crippen molar-refractivity contribution in [2.75, 3.05) is 0 Å². The lowest BCUT2D eigenvalue weighted by atomic mass is 10.1. The molecule has 1 aromatic carbocycles. The van der Waals surface area contributed by atoms with Gasteiger partial charge in [-0.1, -0.05) is 12.8 Å². The minimum absolute atomic E-state index is 0.0722. The van der Waals surface area contributed by atoms with Gasteiger partial charge in [-0.2, -0.15) is 0 Å². The zero-order valence-corrected chi connectivity index (χ0v) is 13.5. The van der Waals surface area contributed by atoms with Crippen molar-refractivity contribution in [1.29, 1.82) is 0 Å². The number of aryl methyl sites for hydroxylation is 1. The molecule has 0 bridgehead atoms. The fourth-order valence-corrected chi connectivity index (χ4v) is 3.45. The van der Waals surface area contributed by atoms with E-state index >= 15 is 0 Å². The van der Waals surface area contributed by atoms with Crippen molar-refractivity contribution in [1.82, 2.24) is 0 Å². The largest absolute Gasteiger partial charge is 0.459 e. The van der Waals surface area contributed by atoms with E-state index in [9.17, 15) is 13.2 Å². The molecule has 21 heavy (non-hydrogen) atoms. The number of halogens is 1. The fourth-order valence-electron chi connectivity index (χ4n) is 2.59. The minimum Gasteiger partial charge on any atom is -0.459 e. The van der Waals surface area contributed by atoms with Gasteiger partial charge in [0.25, 0.3) is 9.05 Å². The molecule has 6 heteroatoms. The summed E-state index contributed by atoms with van der Waals surface area (Å²) in [5.74, 6) is -0.479. The summed E-state index contributed by atoms with van der Waals surface area (Å²) in [5.41, 5.74) is 0.892. The highest BCUT2D eigenvalue weighted by Crippen LogP contribution is 2.23. The molecule has 0 amide bonds. The third kappa shape index (κ3) is 4.71. The van der Waals surface area contributed by atoms with Gasteiger partial charge >= 0.3 is 5.97 Å². The van der Waals surface area contributed by atoms with Crippen LogP contribution in [-0.2, 0) is 13.8 Å². The van der Waals surface area contributed by atoms with E-state index in [2.05, 4.69) is 0 Å². The molecule has 116 valence electrons. The Bertz CT molecular complexity index is 617. The molecule has 2 rings (SSSR count). The second-order valence-electron chi connectivity index (χ2n) is 5.49. The molecular weight excluding hydrogens is 312 g/mol. The lowest BCUT2D eigenvalue weighted by Crippen LogP contribution is -2.18. The van der Waals surface area contributed by atoms with Crippen LogP contribution in [0, 0.1) is 6.92 Å². The molecule has 0 spiro atoms. The molecule has 1 saturated carbocycles. The predicted octanol–water partition coefficient (Wildman–Crippen LogP) is 3.80. The molecule has 0 heterocycles. The third-order valence-corrected chi connectivity index (χ3v) is 4.98. The highest BCUT2D eigenvalue weighted by molar-refractivity contribution is 8.13. The van der Waals surface area contributed by atoms with E-state index in [4.69, 9.17) is 15.4 Å². The summed E-state index contributed by atoms with van der Waals surface area (Å²) in [4.78, 5) is 12.1. The Kier molecular flexibility index (Phi) is 5.27. The Labute approximate surface area is 129 Å². The third-order valence-electron chi connectivity index (χ3n) is 3.64. The van der Waals surface area contributed by atoms with Crippen LogP contribution < -0.4 is 0 Å². The first-order valence-corrected chi connectivity index (χ1v) is 9.44. The molecule has 0 unspecified atom stereocenters. The van der Waals surface area contributed by atoms with Gasteiger partial charge in [0.15, 0.2) is 0 Å². The van der Waals surface area contributed by atoms with E-state index in [0.717, 1.165) is 25.7 Å². The lowest BCUT2D eigenvalue weighted by Gasteiger charge is -2.15. The van der Waals surface area contributed by atoms with Crippen molar-refractivity contribution >= 4 is 25.7 Å². The fraction of sp³-hybridized carbons (Fsp3) is 0.533. The highest BCUT2D eigenvalue weighted by Gasteiger charge is 2.20. The topological polar surface area (TPSA) is 60.4 Å². The molecule has 1 fully saturated rings. The Balaban J connectivity index is 2.17. The van der Waals surface area contributed by atoms with E-state index < -0.39 is 15.0 Å². The maximum atomic E-state index is 12.2. The number of esters is 1. The normalized spacial score (nSPS) is 17.2. The zero-order valence-electron chi connectivity index (χ0n) is 12.0. The molecule has 0 N–H and O–H groups in total. The van der Waals surface area contributed by atoms with Crippen LogP contribution in [0.2, 0.25) is 0 Å². The average molecular weight is 331 g/mol. The summed E-state index contributed by atoms with van der Waals surface area (Å²) < 4.78 is 28.3. The van der Waals surface area contributed by atoms with Gasteiger partial charge in [0.1, 0.15) is 6.10 Å². The van der Waals surface area contributed by atoms with E-state index in [1.54, 1.807) is 13.0 Å². The van der Waals surface area contributed by atoms with Crippen molar-refractivity contribution in [3.05, 3.63) is 29.3 Å².